The SMILES string of the molecule is Cc1ncsc1-c1ccc(CNC(=O)[C@@H]2C[C@@H](O)CN2C(=O)C(NC(=O)COCCCCCOCCOCCOCCOCC(=O)NC(C(=O)N2C[C@H](O)C[C@H]2C(=O)NCc2ccc(-c3scnc3C)cc2)C(C)(C)C)C(C)(C)C)cc1. The predicted octanol–water partition coefficient (Wildman–Crippen LogP) is 4.72. The van der Waals surface area contributed by atoms with Gasteiger partial charge in [-0.05, 0) is 66.2 Å². The van der Waals surface area contributed by atoms with Crippen LogP contribution in [0.15, 0.2) is 59.6 Å². The molecule has 6 rings (SSSR count). The summed E-state index contributed by atoms with van der Waals surface area (Å²) in [7, 11) is 0. The highest BCUT2D eigenvalue weighted by Gasteiger charge is 2.46. The number of ether oxygens (including phenoxy) is 5. The highest BCUT2D eigenvalue weighted by atomic mass is 32.1. The fraction of sp³-hybridized carbons (Fsp3) is 0.593. The zero-order chi connectivity index (χ0) is 59.4. The van der Waals surface area contributed by atoms with Crippen molar-refractivity contribution in [2.75, 3.05) is 79.2 Å². The average molecular weight is 1180 g/mol. The molecule has 2 aliphatic rings. The van der Waals surface area contributed by atoms with Crippen LogP contribution in [0, 0.1) is 24.7 Å². The summed E-state index contributed by atoms with van der Waals surface area (Å²) < 4.78 is 28.0. The number of carbonyl (C=O) groups is 6. The lowest BCUT2D eigenvalue weighted by atomic mass is 9.85. The standard InChI is InChI=1S/C59H84N8O13S2/c1-38-50(81-36-62-38)42-16-12-40(13-17-42)30-60-54(72)46-28-44(68)32-66(46)56(74)52(58(3,4)5)64-48(70)34-79-21-11-9-10-20-76-22-23-77-24-25-78-26-27-80-35-49(71)65-53(59(6,7)8)57(75)67-33-45(69)29-47(67)55(73)61-31-41-14-18-43(19-15-41)51-39(2)63-37-82-51/h12-19,36-37,44-47,52-53,68-69H,9-11,20-35H2,1-8H3,(H,60,72)(H,61,73)(H,64,70)(H,65,71)/t44-,45-,46+,47+,52?,53?/m1/s1. The van der Waals surface area contributed by atoms with Gasteiger partial charge in [0, 0.05) is 52.2 Å². The van der Waals surface area contributed by atoms with E-state index in [1.807, 2.05) is 109 Å². The number of aliphatic hydroxyl groups excluding tert-OH is 2. The molecule has 2 aliphatic heterocycles. The van der Waals surface area contributed by atoms with Crippen LogP contribution >= 0.6 is 22.7 Å². The maximum Gasteiger partial charge on any atom is 0.246 e. The highest BCUT2D eigenvalue weighted by molar-refractivity contribution is 7.13. The summed E-state index contributed by atoms with van der Waals surface area (Å²) in [6.45, 7) is 17.5. The van der Waals surface area contributed by atoms with Gasteiger partial charge < -0.3 is 65.0 Å². The molecule has 4 aromatic rings. The molecule has 82 heavy (non-hydrogen) atoms. The number of nitrogens with one attached hydrogen (secondary N) is 4. The first-order valence-corrected chi connectivity index (χ1v) is 29.8. The van der Waals surface area contributed by atoms with Crippen molar-refractivity contribution >= 4 is 58.1 Å². The third-order valence-electron chi connectivity index (χ3n) is 14.1. The molecule has 2 fully saturated rings. The van der Waals surface area contributed by atoms with Gasteiger partial charge in [0.05, 0.1) is 84.0 Å². The number of thiazole rings is 2. The Bertz CT molecular complexity index is 2510. The minimum absolute atomic E-state index is 0.0183. The third-order valence-corrected chi connectivity index (χ3v) is 16.0. The molecule has 2 saturated heterocycles. The van der Waals surface area contributed by atoms with Crippen LogP contribution < -0.4 is 21.3 Å². The zero-order valence-electron chi connectivity index (χ0n) is 48.7. The largest absolute Gasteiger partial charge is 0.391 e. The topological polar surface area (TPSA) is 269 Å². The molecule has 0 bridgehead atoms. The molecule has 2 unspecified atom stereocenters. The van der Waals surface area contributed by atoms with Gasteiger partial charge in [-0.2, -0.15) is 0 Å². The molecule has 2 aromatic carbocycles. The van der Waals surface area contributed by atoms with Gasteiger partial charge in [0.2, 0.25) is 35.4 Å². The zero-order valence-corrected chi connectivity index (χ0v) is 50.3. The van der Waals surface area contributed by atoms with Crippen LogP contribution in [-0.4, -0.2) is 181 Å². The van der Waals surface area contributed by atoms with Gasteiger partial charge >= 0.3 is 0 Å². The number of hydrogen-bond donors (Lipinski definition) is 6. The Morgan fingerprint density at radius 2 is 0.902 bits per heavy atom. The number of carbonyl (C=O) groups excluding carboxylic acids is 6. The van der Waals surface area contributed by atoms with E-state index in [4.69, 9.17) is 23.7 Å². The smallest absolute Gasteiger partial charge is 0.246 e. The summed E-state index contributed by atoms with van der Waals surface area (Å²) in [6.07, 6.45) is 0.720. The first-order valence-electron chi connectivity index (χ1n) is 28.1. The summed E-state index contributed by atoms with van der Waals surface area (Å²) in [5, 5.41) is 32.6. The molecule has 0 aliphatic carbocycles. The van der Waals surface area contributed by atoms with E-state index in [9.17, 15) is 39.0 Å². The lowest BCUT2D eigenvalue weighted by Crippen LogP contribution is -2.58. The minimum atomic E-state index is -0.981. The van der Waals surface area contributed by atoms with Gasteiger partial charge in [-0.25, -0.2) is 9.97 Å². The monoisotopic (exact) mass is 1180 g/mol. The molecule has 6 N–H and O–H groups in total. The quantitative estimate of drug-likeness (QED) is 0.0372. The fourth-order valence-corrected chi connectivity index (χ4v) is 11.2. The number of unbranched alkanes of at least 4 members (excludes halogenated alkanes) is 2. The summed E-state index contributed by atoms with van der Waals surface area (Å²) >= 11 is 3.13. The number of β-amino-alcohol motifs (C(OH)–C–C–N with tert-alkyl or cyclic N) is 2. The van der Waals surface area contributed by atoms with Crippen molar-refractivity contribution in [2.24, 2.45) is 10.8 Å². The van der Waals surface area contributed by atoms with E-state index in [0.29, 0.717) is 46.1 Å². The molecule has 0 radical (unpaired) electrons. The van der Waals surface area contributed by atoms with Crippen LogP contribution in [0.4, 0.5) is 0 Å². The van der Waals surface area contributed by atoms with Gasteiger partial charge in [-0.15, -0.1) is 22.7 Å². The van der Waals surface area contributed by atoms with Crippen LogP contribution in [0.5, 0.6) is 0 Å². The fourth-order valence-electron chi connectivity index (χ4n) is 9.54. The summed E-state index contributed by atoms with van der Waals surface area (Å²) in [6, 6.07) is 12.0. The van der Waals surface area contributed by atoms with Gasteiger partial charge in [-0.3, -0.25) is 28.8 Å². The maximum atomic E-state index is 14.0. The summed E-state index contributed by atoms with van der Waals surface area (Å²) in [5.41, 5.74) is 7.97. The third kappa shape index (κ3) is 20.0. The van der Waals surface area contributed by atoms with Crippen LogP contribution in [0.2, 0.25) is 0 Å². The van der Waals surface area contributed by atoms with Gasteiger partial charge in [0.1, 0.15) is 37.4 Å². The molecular formula is C59H84N8O13S2. The highest BCUT2D eigenvalue weighted by Crippen LogP contribution is 2.31. The Morgan fingerprint density at radius 3 is 1.27 bits per heavy atom. The lowest BCUT2D eigenvalue weighted by Gasteiger charge is -2.35. The number of benzene rings is 2. The van der Waals surface area contributed by atoms with Crippen molar-refractivity contribution in [1.82, 2.24) is 41.0 Å². The van der Waals surface area contributed by atoms with E-state index >= 15 is 0 Å². The van der Waals surface area contributed by atoms with Gasteiger partial charge in [-0.1, -0.05) is 90.1 Å². The van der Waals surface area contributed by atoms with E-state index in [0.717, 1.165) is 56.2 Å². The second-order valence-corrected chi connectivity index (χ2v) is 24.6. The number of nitrogens with zero attached hydrogens (tertiary/aromatic N) is 4. The number of amides is 6. The first kappa shape index (κ1) is 65.4. The molecule has 21 nitrogen and oxygen atoms in total. The summed E-state index contributed by atoms with van der Waals surface area (Å²) in [5.74, 6) is -2.61. The second kappa shape index (κ2) is 31.8. The normalized spacial score (nSPS) is 18.1. The van der Waals surface area contributed by atoms with Crippen molar-refractivity contribution in [3.63, 3.8) is 0 Å². The van der Waals surface area contributed by atoms with Crippen molar-refractivity contribution in [3.8, 4) is 20.9 Å². The molecule has 6 amide bonds. The number of aryl methyl sites for hydroxylation is 2. The van der Waals surface area contributed by atoms with Crippen LogP contribution in [-0.2, 0) is 65.5 Å². The Balaban J connectivity index is 0.763. The number of aromatic nitrogens is 2. The van der Waals surface area contributed by atoms with Gasteiger partial charge in [0.15, 0.2) is 0 Å². The molecule has 23 heteroatoms. The Kier molecular flexibility index (Phi) is 25.3. The molecule has 6 atom stereocenters. The van der Waals surface area contributed by atoms with Gasteiger partial charge in [0.25, 0.3) is 0 Å². The van der Waals surface area contributed by atoms with Crippen LogP contribution in [0.3, 0.4) is 0 Å². The van der Waals surface area contributed by atoms with Crippen LogP contribution in [0.1, 0.15) is 96.2 Å². The molecular weight excluding hydrogens is 1090 g/mol. The average Bonchev–Trinajstić information content (AvgIpc) is 4.30. The molecule has 2 aromatic heterocycles. The minimum Gasteiger partial charge on any atom is -0.391 e. The molecule has 4 heterocycles. The Labute approximate surface area is 489 Å². The number of likely N-dealkylation sites (tertiary alicyclic amines) is 2. The van der Waals surface area contributed by atoms with E-state index < -0.39 is 70.8 Å². The van der Waals surface area contributed by atoms with Crippen LogP contribution in [0.25, 0.3) is 20.9 Å². The molecule has 0 spiro atoms. The Morgan fingerprint density at radius 1 is 0.549 bits per heavy atom. The molecule has 0 saturated carbocycles. The lowest BCUT2D eigenvalue weighted by molar-refractivity contribution is -0.144. The van der Waals surface area contributed by atoms with Crippen molar-refractivity contribution in [2.45, 2.75) is 137 Å². The van der Waals surface area contributed by atoms with E-state index in [1.165, 1.54) is 9.80 Å². The number of hydrogen-bond acceptors (Lipinski definition) is 17. The van der Waals surface area contributed by atoms with Crippen molar-refractivity contribution < 1.29 is 62.7 Å². The van der Waals surface area contributed by atoms with Crippen molar-refractivity contribution in [3.05, 3.63) is 82.1 Å². The maximum absolute atomic E-state index is 14.0. The first-order chi connectivity index (χ1) is 39.1. The van der Waals surface area contributed by atoms with E-state index in [-0.39, 0.29) is 77.3 Å². The summed E-state index contributed by atoms with van der Waals surface area (Å²) in [4.78, 5) is 94.3. The predicted molar refractivity (Wildman–Crippen MR) is 311 cm³/mol. The number of rotatable bonds is 31. The molecule has 450 valence electrons. The second-order valence-electron chi connectivity index (χ2n) is 22.9. The Hall–Kier alpha value is -5.76. The number of aliphatic hydroxyl groups is 2. The van der Waals surface area contributed by atoms with E-state index in [1.54, 1.807) is 28.2 Å². The van der Waals surface area contributed by atoms with E-state index in [2.05, 4.69) is 31.2 Å². The van der Waals surface area contributed by atoms with Crippen molar-refractivity contribution in [1.29, 1.82) is 0 Å².